The molecule has 0 atom stereocenters. The van der Waals surface area contributed by atoms with Crippen LogP contribution in [0.2, 0.25) is 0 Å². The highest BCUT2D eigenvalue weighted by molar-refractivity contribution is 6.30. The Balaban J connectivity index is 2.15. The fourth-order valence-corrected chi connectivity index (χ4v) is 2.60. The average molecular weight is 263 g/mol. The summed E-state index contributed by atoms with van der Waals surface area (Å²) in [7, 11) is 1.85. The molecule has 0 N–H and O–H groups in total. The van der Waals surface area contributed by atoms with Gasteiger partial charge in [0.25, 0.3) is 5.91 Å². The minimum atomic E-state index is 0.103. The first-order valence-electron chi connectivity index (χ1n) is 6.78. The van der Waals surface area contributed by atoms with Crippen LogP contribution in [0.15, 0.2) is 54.6 Å². The molecule has 100 valence electrons. The lowest BCUT2D eigenvalue weighted by Gasteiger charge is -2.08. The molecular formula is C18H17NO. The Bertz CT molecular complexity index is 668. The zero-order valence-corrected chi connectivity index (χ0v) is 11.8. The van der Waals surface area contributed by atoms with Gasteiger partial charge in [0.05, 0.1) is 5.57 Å². The summed E-state index contributed by atoms with van der Waals surface area (Å²) >= 11 is 0. The molecule has 0 fully saturated rings. The predicted molar refractivity (Wildman–Crippen MR) is 82.1 cm³/mol. The monoisotopic (exact) mass is 263 g/mol. The summed E-state index contributed by atoms with van der Waals surface area (Å²) in [6.07, 6.45) is 0. The maximum atomic E-state index is 12.4. The SMILES string of the molecule is Cc1ccc(C2=C(c3ccccc3)C(=O)N(C)C2)cc1. The number of carbonyl (C=O) groups is 1. The lowest BCUT2D eigenvalue weighted by Crippen LogP contribution is -2.21. The second-order valence-corrected chi connectivity index (χ2v) is 5.25. The standard InChI is InChI=1S/C18H17NO/c1-13-8-10-14(11-9-13)16-12-19(2)18(20)17(16)15-6-4-3-5-7-15/h3-11H,12H2,1-2H3. The summed E-state index contributed by atoms with van der Waals surface area (Å²) in [5.74, 6) is 0.103. The topological polar surface area (TPSA) is 20.3 Å². The molecule has 0 saturated heterocycles. The van der Waals surface area contributed by atoms with Crippen LogP contribution in [-0.2, 0) is 4.79 Å². The van der Waals surface area contributed by atoms with E-state index in [2.05, 4.69) is 31.2 Å². The van der Waals surface area contributed by atoms with Crippen LogP contribution in [0.3, 0.4) is 0 Å². The minimum Gasteiger partial charge on any atom is -0.337 e. The molecule has 20 heavy (non-hydrogen) atoms. The van der Waals surface area contributed by atoms with Gasteiger partial charge in [-0.2, -0.15) is 0 Å². The Morgan fingerprint density at radius 1 is 0.900 bits per heavy atom. The van der Waals surface area contributed by atoms with Crippen molar-refractivity contribution >= 4 is 17.1 Å². The van der Waals surface area contributed by atoms with Crippen LogP contribution in [-0.4, -0.2) is 24.4 Å². The molecule has 2 heteroatoms. The van der Waals surface area contributed by atoms with Crippen LogP contribution in [0.5, 0.6) is 0 Å². The molecular weight excluding hydrogens is 246 g/mol. The van der Waals surface area contributed by atoms with E-state index >= 15 is 0 Å². The van der Waals surface area contributed by atoms with Gasteiger partial charge in [-0.15, -0.1) is 0 Å². The molecule has 1 amide bonds. The van der Waals surface area contributed by atoms with Crippen molar-refractivity contribution in [3.63, 3.8) is 0 Å². The second kappa shape index (κ2) is 4.97. The number of aryl methyl sites for hydroxylation is 1. The van der Waals surface area contributed by atoms with E-state index in [9.17, 15) is 4.79 Å². The highest BCUT2D eigenvalue weighted by atomic mass is 16.2. The van der Waals surface area contributed by atoms with Crippen molar-refractivity contribution in [1.29, 1.82) is 0 Å². The number of carbonyl (C=O) groups excluding carboxylic acids is 1. The van der Waals surface area contributed by atoms with E-state index in [1.165, 1.54) is 5.56 Å². The first-order chi connectivity index (χ1) is 9.66. The van der Waals surface area contributed by atoms with E-state index < -0.39 is 0 Å². The molecule has 0 aliphatic carbocycles. The largest absolute Gasteiger partial charge is 0.337 e. The van der Waals surface area contributed by atoms with Crippen LogP contribution in [0.25, 0.3) is 11.1 Å². The van der Waals surface area contributed by atoms with Gasteiger partial charge >= 0.3 is 0 Å². The van der Waals surface area contributed by atoms with E-state index in [-0.39, 0.29) is 5.91 Å². The van der Waals surface area contributed by atoms with E-state index in [4.69, 9.17) is 0 Å². The maximum Gasteiger partial charge on any atom is 0.254 e. The molecule has 0 radical (unpaired) electrons. The van der Waals surface area contributed by atoms with Crippen molar-refractivity contribution in [1.82, 2.24) is 4.90 Å². The highest BCUT2D eigenvalue weighted by Gasteiger charge is 2.29. The number of benzene rings is 2. The van der Waals surface area contributed by atoms with Crippen molar-refractivity contribution < 1.29 is 4.79 Å². The molecule has 2 aromatic carbocycles. The summed E-state index contributed by atoms with van der Waals surface area (Å²) in [4.78, 5) is 14.2. The van der Waals surface area contributed by atoms with Crippen LogP contribution in [0, 0.1) is 6.92 Å². The van der Waals surface area contributed by atoms with Crippen molar-refractivity contribution in [2.45, 2.75) is 6.92 Å². The third kappa shape index (κ3) is 2.14. The molecule has 3 rings (SSSR count). The molecule has 0 aromatic heterocycles. The number of nitrogens with zero attached hydrogens (tertiary/aromatic N) is 1. The quantitative estimate of drug-likeness (QED) is 0.813. The van der Waals surface area contributed by atoms with Crippen molar-refractivity contribution in [2.75, 3.05) is 13.6 Å². The molecule has 0 unspecified atom stereocenters. The molecule has 2 nitrogen and oxygen atoms in total. The van der Waals surface area contributed by atoms with Crippen molar-refractivity contribution in [3.05, 3.63) is 71.3 Å². The number of hydrogen-bond donors (Lipinski definition) is 0. The molecule has 1 aliphatic rings. The van der Waals surface area contributed by atoms with Crippen LogP contribution >= 0.6 is 0 Å². The van der Waals surface area contributed by atoms with Gasteiger partial charge in [0.15, 0.2) is 0 Å². The predicted octanol–water partition coefficient (Wildman–Crippen LogP) is 3.38. The molecule has 2 aromatic rings. The highest BCUT2D eigenvalue weighted by Crippen LogP contribution is 2.33. The molecule has 0 spiro atoms. The van der Waals surface area contributed by atoms with Crippen LogP contribution in [0.1, 0.15) is 16.7 Å². The fourth-order valence-electron chi connectivity index (χ4n) is 2.60. The third-order valence-corrected chi connectivity index (χ3v) is 3.72. The Morgan fingerprint density at radius 2 is 1.55 bits per heavy atom. The van der Waals surface area contributed by atoms with Crippen molar-refractivity contribution in [2.24, 2.45) is 0 Å². The fraction of sp³-hybridized carbons (Fsp3) is 0.167. The summed E-state index contributed by atoms with van der Waals surface area (Å²) in [5, 5.41) is 0. The van der Waals surface area contributed by atoms with Gasteiger partial charge in [0.2, 0.25) is 0 Å². The Morgan fingerprint density at radius 3 is 2.20 bits per heavy atom. The van der Waals surface area contributed by atoms with Gasteiger partial charge in [-0.1, -0.05) is 60.2 Å². The summed E-state index contributed by atoms with van der Waals surface area (Å²) in [6.45, 7) is 2.74. The zero-order valence-electron chi connectivity index (χ0n) is 11.8. The van der Waals surface area contributed by atoms with Gasteiger partial charge in [0.1, 0.15) is 0 Å². The molecule has 0 saturated carbocycles. The average Bonchev–Trinajstić information content (AvgIpc) is 2.77. The molecule has 1 aliphatic heterocycles. The van der Waals surface area contributed by atoms with Gasteiger partial charge in [0, 0.05) is 13.6 Å². The minimum absolute atomic E-state index is 0.103. The molecule has 1 heterocycles. The summed E-state index contributed by atoms with van der Waals surface area (Å²) in [6, 6.07) is 18.3. The lowest BCUT2D eigenvalue weighted by atomic mass is 9.96. The summed E-state index contributed by atoms with van der Waals surface area (Å²) < 4.78 is 0. The number of likely N-dealkylation sites (N-methyl/N-ethyl adjacent to an activating group) is 1. The van der Waals surface area contributed by atoms with E-state index in [0.717, 1.165) is 22.3 Å². The first-order valence-corrected chi connectivity index (χ1v) is 6.78. The number of amides is 1. The van der Waals surface area contributed by atoms with E-state index in [1.54, 1.807) is 4.90 Å². The number of hydrogen-bond acceptors (Lipinski definition) is 1. The normalized spacial score (nSPS) is 15.1. The Kier molecular flexibility index (Phi) is 3.15. The van der Waals surface area contributed by atoms with E-state index in [1.807, 2.05) is 37.4 Å². The van der Waals surface area contributed by atoms with Gasteiger partial charge in [-0.25, -0.2) is 0 Å². The van der Waals surface area contributed by atoms with E-state index in [0.29, 0.717) is 6.54 Å². The smallest absolute Gasteiger partial charge is 0.254 e. The zero-order chi connectivity index (χ0) is 14.1. The lowest BCUT2D eigenvalue weighted by molar-refractivity contribution is -0.122. The Labute approximate surface area is 119 Å². The van der Waals surface area contributed by atoms with Crippen molar-refractivity contribution in [3.8, 4) is 0 Å². The summed E-state index contributed by atoms with van der Waals surface area (Å²) in [5.41, 5.74) is 5.30. The third-order valence-electron chi connectivity index (χ3n) is 3.72. The van der Waals surface area contributed by atoms with Gasteiger partial charge in [-0.3, -0.25) is 4.79 Å². The molecule has 0 bridgehead atoms. The van der Waals surface area contributed by atoms with Crippen LogP contribution < -0.4 is 0 Å². The maximum absolute atomic E-state index is 12.4. The second-order valence-electron chi connectivity index (χ2n) is 5.25. The van der Waals surface area contributed by atoms with Crippen LogP contribution in [0.4, 0.5) is 0 Å². The first kappa shape index (κ1) is 12.7. The van der Waals surface area contributed by atoms with Gasteiger partial charge in [-0.05, 0) is 23.6 Å². The number of rotatable bonds is 2. The Hall–Kier alpha value is -2.35. The van der Waals surface area contributed by atoms with Gasteiger partial charge < -0.3 is 4.90 Å².